The van der Waals surface area contributed by atoms with Crippen LogP contribution in [-0.2, 0) is 0 Å². The number of halogens is 1. The first kappa shape index (κ1) is 36.0. The third-order valence-electron chi connectivity index (χ3n) is 0.149. The number of hydrogen-bond donors (Lipinski definition) is 0. The SMILES string of the molecule is N#CC#N.N#CC#N.N#C[B-]F.[B-]C#N.[K+].[K+]. The summed E-state index contributed by atoms with van der Waals surface area (Å²) in [7, 11) is 4.08. The van der Waals surface area contributed by atoms with Crippen LogP contribution in [0.25, 0.3) is 0 Å². The standard InChI is InChI=1S/2C2N2.CBFN.CBN.2K/c2*3-1-2-4;3-2-1-4;2-1-3;;/q;;2*-1;2*+1. The number of rotatable bonds is 0. The largest absolute Gasteiger partial charge is 1.00 e. The van der Waals surface area contributed by atoms with Crippen LogP contribution >= 0.6 is 0 Å². The van der Waals surface area contributed by atoms with Crippen LogP contribution in [0.15, 0.2) is 0 Å². The monoisotopic (exact) mass is 275 g/mol. The molecule has 0 fully saturated rings. The van der Waals surface area contributed by atoms with Crippen molar-refractivity contribution in [3.8, 4) is 36.2 Å². The first-order valence-electron chi connectivity index (χ1n) is 2.64. The number of nitrogens with zero attached hydrogens (tertiary/aromatic N) is 6. The van der Waals surface area contributed by atoms with E-state index in [4.69, 9.17) is 31.6 Å². The van der Waals surface area contributed by atoms with Crippen molar-refractivity contribution >= 4 is 15.4 Å². The van der Waals surface area contributed by atoms with Gasteiger partial charge in [-0.05, 0) is 0 Å². The van der Waals surface area contributed by atoms with Crippen molar-refractivity contribution < 1.29 is 107 Å². The van der Waals surface area contributed by atoms with Gasteiger partial charge in [-0.3, -0.25) is 16.5 Å². The Morgan fingerprint density at radius 2 is 0.882 bits per heavy atom. The average molecular weight is 275 g/mol. The molecule has 0 saturated heterocycles. The van der Waals surface area contributed by atoms with Crippen molar-refractivity contribution in [3.63, 3.8) is 0 Å². The summed E-state index contributed by atoms with van der Waals surface area (Å²) in [6.45, 7) is 0. The van der Waals surface area contributed by atoms with E-state index in [1.807, 2.05) is 0 Å². The first-order chi connectivity index (χ1) is 7.16. The number of nitriles is 6. The Kier molecular flexibility index (Phi) is 152. The van der Waals surface area contributed by atoms with Gasteiger partial charge in [-0.2, -0.15) is 27.0 Å². The number of hydrogen-bond acceptors (Lipinski definition) is 6. The van der Waals surface area contributed by atoms with Crippen LogP contribution in [0.4, 0.5) is 4.32 Å². The van der Waals surface area contributed by atoms with E-state index >= 15 is 0 Å². The zero-order valence-electron chi connectivity index (χ0n) is 9.22. The van der Waals surface area contributed by atoms with Crippen molar-refractivity contribution in [3.05, 3.63) is 0 Å². The molecule has 0 spiro atoms. The maximum Gasteiger partial charge on any atom is 1.00 e. The summed E-state index contributed by atoms with van der Waals surface area (Å²) in [6.07, 6.45) is 0. The Labute approximate surface area is 186 Å². The van der Waals surface area contributed by atoms with Gasteiger partial charge < -0.3 is 12.2 Å². The molecular formula is C6B2FK2N6. The Hall–Kier alpha value is 0.273. The molecule has 0 N–H and O–H groups in total. The summed E-state index contributed by atoms with van der Waals surface area (Å²) < 4.78 is 10.2. The van der Waals surface area contributed by atoms with Crippen LogP contribution in [0, 0.1) is 67.8 Å². The molecular weight excluding hydrogens is 275 g/mol. The van der Waals surface area contributed by atoms with Crippen LogP contribution in [0.1, 0.15) is 0 Å². The topological polar surface area (TPSA) is 143 Å². The predicted octanol–water partition coefficient (Wildman–Crippen LogP) is -6.23. The summed E-state index contributed by atoms with van der Waals surface area (Å²) in [5.41, 5.74) is 0. The Bertz CT molecular complexity index is 315. The molecule has 0 aliphatic heterocycles. The van der Waals surface area contributed by atoms with Crippen molar-refractivity contribution in [2.45, 2.75) is 0 Å². The minimum absolute atomic E-state index is 0. The molecule has 0 rings (SSSR count). The maximum absolute atomic E-state index is 10.2. The van der Waals surface area contributed by atoms with Gasteiger partial charge in [-0.15, -0.1) is 0 Å². The fraction of sp³-hybridized carbons (Fsp3) is 0. The van der Waals surface area contributed by atoms with Gasteiger partial charge in [0.1, 0.15) is 0 Å². The molecule has 0 unspecified atom stereocenters. The summed E-state index contributed by atoms with van der Waals surface area (Å²) in [5.74, 6) is 2.39. The molecule has 0 bridgehead atoms. The van der Waals surface area contributed by atoms with Crippen LogP contribution in [0.2, 0.25) is 0 Å². The van der Waals surface area contributed by atoms with Gasteiger partial charge >= 0.3 is 103 Å². The second-order valence-electron chi connectivity index (χ2n) is 0.815. The van der Waals surface area contributed by atoms with E-state index in [0.717, 1.165) is 5.97 Å². The second kappa shape index (κ2) is 71.8. The van der Waals surface area contributed by atoms with E-state index in [-0.39, 0.29) is 110 Å². The van der Waals surface area contributed by atoms with Crippen LogP contribution in [-0.4, -0.2) is 15.4 Å². The van der Waals surface area contributed by atoms with Gasteiger partial charge in [-0.1, -0.05) is 0 Å². The van der Waals surface area contributed by atoms with E-state index in [1.165, 1.54) is 30.2 Å². The van der Waals surface area contributed by atoms with E-state index in [0.29, 0.717) is 0 Å². The Morgan fingerprint density at radius 1 is 0.765 bits per heavy atom. The molecule has 0 aliphatic rings. The second-order valence-corrected chi connectivity index (χ2v) is 0.815. The molecule has 0 aliphatic carbocycles. The molecule has 17 heavy (non-hydrogen) atoms. The normalized spacial score (nSPS) is 2.82. The van der Waals surface area contributed by atoms with Gasteiger partial charge in [0.15, 0.2) is 24.3 Å². The third-order valence-corrected chi connectivity index (χ3v) is 0.149. The molecule has 0 aromatic heterocycles. The van der Waals surface area contributed by atoms with Crippen LogP contribution in [0.5, 0.6) is 0 Å². The van der Waals surface area contributed by atoms with Crippen molar-refractivity contribution in [1.82, 2.24) is 0 Å². The Morgan fingerprint density at radius 3 is 0.882 bits per heavy atom. The van der Waals surface area contributed by atoms with Gasteiger partial charge in [0.25, 0.3) is 0 Å². The first-order valence-corrected chi connectivity index (χ1v) is 2.64. The van der Waals surface area contributed by atoms with Gasteiger partial charge in [0, 0.05) is 7.56 Å². The summed E-state index contributed by atoms with van der Waals surface area (Å²) in [4.78, 5) is 0. The smallest absolute Gasteiger partial charge is 0.579 e. The zero-order chi connectivity index (χ0) is 12.9. The minimum atomic E-state index is -0.0694. The predicted molar refractivity (Wildman–Crippen MR) is 46.3 cm³/mol. The molecule has 0 heterocycles. The summed E-state index contributed by atoms with van der Waals surface area (Å²) in [5, 5.41) is 43.3. The van der Waals surface area contributed by atoms with E-state index in [2.05, 4.69) is 7.85 Å². The molecule has 11 heteroatoms. The van der Waals surface area contributed by atoms with Gasteiger partial charge in [0.05, 0.1) is 0 Å². The average Bonchev–Trinajstić information content (AvgIpc) is 2.30. The molecule has 6 nitrogen and oxygen atoms in total. The van der Waals surface area contributed by atoms with E-state index < -0.39 is 0 Å². The molecule has 69 valence electrons. The molecule has 0 aromatic carbocycles. The third kappa shape index (κ3) is 310. The van der Waals surface area contributed by atoms with Crippen molar-refractivity contribution in [2.24, 2.45) is 0 Å². The van der Waals surface area contributed by atoms with Gasteiger partial charge in [-0.25, -0.2) is 0 Å². The molecule has 0 atom stereocenters. The molecule has 0 amide bonds. The van der Waals surface area contributed by atoms with E-state index in [1.54, 1.807) is 0 Å². The fourth-order valence-corrected chi connectivity index (χ4v) is 0. The quantitative estimate of drug-likeness (QED) is 0.402. The van der Waals surface area contributed by atoms with Gasteiger partial charge in [0.2, 0.25) is 0 Å². The summed E-state index contributed by atoms with van der Waals surface area (Å²) >= 11 is 0. The van der Waals surface area contributed by atoms with Crippen molar-refractivity contribution in [2.75, 3.05) is 0 Å². The molecule has 5 radical (unpaired) electrons. The van der Waals surface area contributed by atoms with Crippen LogP contribution in [0.3, 0.4) is 0 Å². The molecule has 0 aromatic rings. The Balaban J connectivity index is -0.0000000230. The van der Waals surface area contributed by atoms with Crippen molar-refractivity contribution in [1.29, 1.82) is 31.6 Å². The van der Waals surface area contributed by atoms with Crippen LogP contribution < -0.4 is 103 Å². The van der Waals surface area contributed by atoms with E-state index in [9.17, 15) is 4.32 Å². The fourth-order valence-electron chi connectivity index (χ4n) is 0. The maximum atomic E-state index is 10.2. The minimum Gasteiger partial charge on any atom is -0.579 e. The zero-order valence-corrected chi connectivity index (χ0v) is 15.5. The molecule has 0 saturated carbocycles. The summed E-state index contributed by atoms with van der Waals surface area (Å²) in [6, 6.07) is 4.94.